The first-order valence-electron chi connectivity index (χ1n) is 9.74. The third-order valence-electron chi connectivity index (χ3n) is 4.57. The van der Waals surface area contributed by atoms with Crippen molar-refractivity contribution in [1.82, 2.24) is 15.2 Å². The van der Waals surface area contributed by atoms with E-state index in [4.69, 9.17) is 5.73 Å². The lowest BCUT2D eigenvalue weighted by Crippen LogP contribution is -2.52. The van der Waals surface area contributed by atoms with Crippen LogP contribution in [0.2, 0.25) is 0 Å². The van der Waals surface area contributed by atoms with Crippen LogP contribution in [0.1, 0.15) is 19.4 Å². The summed E-state index contributed by atoms with van der Waals surface area (Å²) in [7, 11) is -2.04. The number of anilines is 1. The first kappa shape index (κ1) is 23.3. The van der Waals surface area contributed by atoms with Crippen LogP contribution in [0.3, 0.4) is 0 Å². The molecule has 0 fully saturated rings. The van der Waals surface area contributed by atoms with Crippen LogP contribution in [0, 0.1) is 5.92 Å². The molecule has 5 N–H and O–H groups in total. The van der Waals surface area contributed by atoms with Crippen LogP contribution in [0.5, 0.6) is 0 Å². The lowest BCUT2D eigenvalue weighted by Gasteiger charge is -2.30. The van der Waals surface area contributed by atoms with E-state index in [2.05, 4.69) is 10.9 Å². The average Bonchev–Trinajstić information content (AvgIpc) is 2.68. The van der Waals surface area contributed by atoms with Gasteiger partial charge in [0.05, 0.1) is 17.0 Å². The van der Waals surface area contributed by atoms with Crippen molar-refractivity contribution in [2.24, 2.45) is 5.92 Å². The van der Waals surface area contributed by atoms with Gasteiger partial charge in [0.15, 0.2) is 0 Å². The van der Waals surface area contributed by atoms with E-state index in [0.717, 1.165) is 5.56 Å². The number of nitrogens with zero attached hydrogens (tertiary/aromatic N) is 1. The lowest BCUT2D eigenvalue weighted by atomic mass is 10.0. The fourth-order valence-electron chi connectivity index (χ4n) is 3.14. The Morgan fingerprint density at radius 3 is 2.21 bits per heavy atom. The minimum atomic E-state index is -3.76. The van der Waals surface area contributed by atoms with Gasteiger partial charge in [-0.2, -0.15) is 4.31 Å². The number of rotatable bonds is 11. The van der Waals surface area contributed by atoms with Crippen molar-refractivity contribution in [3.05, 3.63) is 60.2 Å². The summed E-state index contributed by atoms with van der Waals surface area (Å²) in [6.45, 7) is 4.19. The molecule has 0 aliphatic rings. The zero-order valence-corrected chi connectivity index (χ0v) is 18.1. The highest BCUT2D eigenvalue weighted by atomic mass is 32.2. The summed E-state index contributed by atoms with van der Waals surface area (Å²) in [6.07, 6.45) is -0.356. The lowest BCUT2D eigenvalue weighted by molar-refractivity contribution is 0.0965. The molecule has 0 radical (unpaired) electrons. The Hall–Kier alpha value is -1.97. The van der Waals surface area contributed by atoms with E-state index in [1.54, 1.807) is 19.2 Å². The van der Waals surface area contributed by atoms with Gasteiger partial charge in [-0.3, -0.25) is 10.9 Å². The van der Waals surface area contributed by atoms with Gasteiger partial charge >= 0.3 is 0 Å². The van der Waals surface area contributed by atoms with Gasteiger partial charge in [0, 0.05) is 18.8 Å². The molecule has 0 bridgehead atoms. The van der Waals surface area contributed by atoms with Gasteiger partial charge < -0.3 is 10.8 Å². The summed E-state index contributed by atoms with van der Waals surface area (Å²) in [5.74, 6) is 0.107. The van der Waals surface area contributed by atoms with Gasteiger partial charge in [-0.25, -0.2) is 8.42 Å². The molecule has 0 amide bonds. The minimum Gasteiger partial charge on any atom is -0.399 e. The topological polar surface area (TPSA) is 108 Å². The number of aliphatic hydroxyl groups is 1. The number of nitrogen functional groups attached to an aromatic ring is 1. The standard InChI is InChI=1S/C21H32N4O3S/c1-16(2)14-25(29(27,28)19-11-9-18(22)10-12-19)15-21(26)20(24-23-3)13-17-7-5-4-6-8-17/h4-12,16,20-21,23-24,26H,13-15,22H2,1-3H3/t20-,21+/m0/s1. The van der Waals surface area contributed by atoms with Gasteiger partial charge in [0.1, 0.15) is 0 Å². The van der Waals surface area contributed by atoms with Crippen LogP contribution in [0.4, 0.5) is 5.69 Å². The Morgan fingerprint density at radius 1 is 1.03 bits per heavy atom. The van der Waals surface area contributed by atoms with E-state index >= 15 is 0 Å². The first-order chi connectivity index (χ1) is 13.7. The van der Waals surface area contributed by atoms with Crippen molar-refractivity contribution >= 4 is 15.7 Å². The molecular weight excluding hydrogens is 388 g/mol. The number of hydrogen-bond acceptors (Lipinski definition) is 6. The fraction of sp³-hybridized carbons (Fsp3) is 0.429. The summed E-state index contributed by atoms with van der Waals surface area (Å²) in [5, 5.41) is 10.9. The molecular formula is C21H32N4O3S. The molecule has 2 aromatic carbocycles. The maximum atomic E-state index is 13.2. The Morgan fingerprint density at radius 2 is 1.66 bits per heavy atom. The number of nitrogens with two attached hydrogens (primary N) is 1. The van der Waals surface area contributed by atoms with E-state index in [-0.39, 0.29) is 23.4 Å². The monoisotopic (exact) mass is 420 g/mol. The normalized spacial score (nSPS) is 14.3. The van der Waals surface area contributed by atoms with Crippen molar-refractivity contribution < 1.29 is 13.5 Å². The Kier molecular flexibility index (Phi) is 8.60. The van der Waals surface area contributed by atoms with Gasteiger partial charge in [0.2, 0.25) is 10.0 Å². The maximum Gasteiger partial charge on any atom is 0.243 e. The minimum absolute atomic E-state index is 0.0168. The molecule has 2 rings (SSSR count). The van der Waals surface area contributed by atoms with Crippen LogP contribution in [-0.2, 0) is 16.4 Å². The molecule has 0 spiro atoms. The zero-order valence-electron chi connectivity index (χ0n) is 17.2. The first-order valence-corrected chi connectivity index (χ1v) is 11.2. The van der Waals surface area contributed by atoms with E-state index in [9.17, 15) is 13.5 Å². The van der Waals surface area contributed by atoms with Crippen LogP contribution in [0.25, 0.3) is 0 Å². The second-order valence-corrected chi connectivity index (χ2v) is 9.48. The molecule has 160 valence electrons. The van der Waals surface area contributed by atoms with E-state index in [0.29, 0.717) is 18.7 Å². The molecule has 0 aliphatic carbocycles. The molecule has 0 aromatic heterocycles. The summed E-state index contributed by atoms with van der Waals surface area (Å²) in [5.41, 5.74) is 13.2. The molecule has 8 heteroatoms. The quantitative estimate of drug-likeness (QED) is 0.325. The predicted octanol–water partition coefficient (Wildman–Crippen LogP) is 1.61. The smallest absolute Gasteiger partial charge is 0.243 e. The SMILES string of the molecule is CNN[C@@H](Cc1ccccc1)[C@H](O)CN(CC(C)C)S(=O)(=O)c1ccc(N)cc1. The molecule has 29 heavy (non-hydrogen) atoms. The summed E-state index contributed by atoms with van der Waals surface area (Å²) >= 11 is 0. The maximum absolute atomic E-state index is 13.2. The summed E-state index contributed by atoms with van der Waals surface area (Å²) < 4.78 is 27.7. The average molecular weight is 421 g/mol. The van der Waals surface area contributed by atoms with Crippen LogP contribution in [0.15, 0.2) is 59.5 Å². The number of hydrogen-bond donors (Lipinski definition) is 4. The highest BCUT2D eigenvalue weighted by Gasteiger charge is 2.30. The number of hydrazine groups is 1. The van der Waals surface area contributed by atoms with Crippen LogP contribution >= 0.6 is 0 Å². The number of nitrogens with one attached hydrogen (secondary N) is 2. The third kappa shape index (κ3) is 6.80. The molecule has 2 atom stereocenters. The van der Waals surface area contributed by atoms with Gasteiger partial charge in [-0.15, -0.1) is 0 Å². The van der Waals surface area contributed by atoms with Gasteiger partial charge in [-0.1, -0.05) is 44.2 Å². The highest BCUT2D eigenvalue weighted by Crippen LogP contribution is 2.20. The van der Waals surface area contributed by atoms with Crippen LogP contribution < -0.4 is 16.6 Å². The number of benzene rings is 2. The third-order valence-corrected chi connectivity index (χ3v) is 6.42. The molecule has 0 heterocycles. The van der Waals surface area contributed by atoms with Crippen molar-refractivity contribution in [3.8, 4) is 0 Å². The predicted molar refractivity (Wildman–Crippen MR) is 117 cm³/mol. The Bertz CT molecular complexity index is 842. The Balaban J connectivity index is 2.23. The summed E-state index contributed by atoms with van der Waals surface area (Å²) in [4.78, 5) is 0.167. The number of sulfonamides is 1. The van der Waals surface area contributed by atoms with E-state index < -0.39 is 16.1 Å². The second kappa shape index (κ2) is 10.7. The van der Waals surface area contributed by atoms with Crippen LogP contribution in [-0.4, -0.2) is 50.1 Å². The molecule has 0 saturated heterocycles. The fourth-order valence-corrected chi connectivity index (χ4v) is 4.76. The largest absolute Gasteiger partial charge is 0.399 e. The van der Waals surface area contributed by atoms with Gasteiger partial charge in [0.25, 0.3) is 0 Å². The number of aliphatic hydroxyl groups excluding tert-OH is 1. The van der Waals surface area contributed by atoms with Gasteiger partial charge in [-0.05, 0) is 49.2 Å². The van der Waals surface area contributed by atoms with Crippen molar-refractivity contribution in [2.45, 2.75) is 37.3 Å². The van der Waals surface area contributed by atoms with Crippen molar-refractivity contribution in [2.75, 3.05) is 25.9 Å². The second-order valence-electron chi connectivity index (χ2n) is 7.54. The molecule has 7 nitrogen and oxygen atoms in total. The molecule has 0 unspecified atom stereocenters. The van der Waals surface area contributed by atoms with Crippen molar-refractivity contribution in [3.63, 3.8) is 0 Å². The van der Waals surface area contributed by atoms with E-state index in [1.165, 1.54) is 16.4 Å². The molecule has 0 aliphatic heterocycles. The highest BCUT2D eigenvalue weighted by molar-refractivity contribution is 7.89. The summed E-state index contributed by atoms with van der Waals surface area (Å²) in [6, 6.07) is 15.5. The molecule has 0 saturated carbocycles. The Labute approximate surface area is 173 Å². The zero-order chi connectivity index (χ0) is 21.4. The van der Waals surface area contributed by atoms with E-state index in [1.807, 2.05) is 44.2 Å². The molecule has 2 aromatic rings. The van der Waals surface area contributed by atoms with Crippen molar-refractivity contribution in [1.29, 1.82) is 0 Å².